The van der Waals surface area contributed by atoms with E-state index in [0.717, 1.165) is 10.1 Å². The van der Waals surface area contributed by atoms with Crippen molar-refractivity contribution < 1.29 is 9.52 Å². The predicted molar refractivity (Wildman–Crippen MR) is 57.6 cm³/mol. The number of nitrogens with zero attached hydrogens (tertiary/aromatic N) is 1. The molecule has 0 atom stereocenters. The van der Waals surface area contributed by atoms with E-state index in [2.05, 4.69) is 0 Å². The SMILES string of the molecule is CC(=O)c1ccc2ccc(C)[n+]([O-])c2c1. The number of carbonyl (C=O) groups is 1. The molecule has 1 aromatic heterocycles. The van der Waals surface area contributed by atoms with Gasteiger partial charge in [0.2, 0.25) is 5.52 Å². The van der Waals surface area contributed by atoms with Gasteiger partial charge in [-0.15, -0.1) is 0 Å². The molecule has 0 radical (unpaired) electrons. The average molecular weight is 201 g/mol. The number of hydrogen-bond donors (Lipinski definition) is 0. The summed E-state index contributed by atoms with van der Waals surface area (Å²) >= 11 is 0. The monoisotopic (exact) mass is 201 g/mol. The molecular weight excluding hydrogens is 190 g/mol. The lowest BCUT2D eigenvalue weighted by atomic mass is 10.1. The van der Waals surface area contributed by atoms with E-state index in [0.29, 0.717) is 16.8 Å². The van der Waals surface area contributed by atoms with Crippen molar-refractivity contribution in [2.75, 3.05) is 0 Å². The summed E-state index contributed by atoms with van der Waals surface area (Å²) in [5, 5.41) is 12.6. The molecule has 1 heterocycles. The first kappa shape index (κ1) is 9.65. The molecule has 0 bridgehead atoms. The van der Waals surface area contributed by atoms with Gasteiger partial charge >= 0.3 is 0 Å². The van der Waals surface area contributed by atoms with Crippen LogP contribution in [0.5, 0.6) is 0 Å². The lowest BCUT2D eigenvalue weighted by Gasteiger charge is -2.05. The van der Waals surface area contributed by atoms with Crippen LogP contribution in [-0.2, 0) is 0 Å². The first-order valence-corrected chi connectivity index (χ1v) is 4.73. The zero-order valence-electron chi connectivity index (χ0n) is 8.65. The zero-order valence-corrected chi connectivity index (χ0v) is 8.65. The molecule has 3 heteroatoms. The van der Waals surface area contributed by atoms with Crippen LogP contribution in [0.25, 0.3) is 10.9 Å². The number of aromatic nitrogens is 1. The van der Waals surface area contributed by atoms with Gasteiger partial charge in [0, 0.05) is 30.0 Å². The fourth-order valence-corrected chi connectivity index (χ4v) is 1.55. The van der Waals surface area contributed by atoms with Gasteiger partial charge in [0.25, 0.3) is 0 Å². The highest BCUT2D eigenvalue weighted by molar-refractivity contribution is 5.97. The predicted octanol–water partition coefficient (Wildman–Crippen LogP) is 1.98. The van der Waals surface area contributed by atoms with Crippen LogP contribution >= 0.6 is 0 Å². The third-order valence-electron chi connectivity index (χ3n) is 2.48. The molecule has 0 saturated carbocycles. The number of aryl methyl sites for hydroxylation is 1. The second kappa shape index (κ2) is 3.35. The van der Waals surface area contributed by atoms with Crippen molar-refractivity contribution in [3.8, 4) is 0 Å². The Balaban J connectivity index is 2.79. The number of carbonyl (C=O) groups excluding carboxylic acids is 1. The Morgan fingerprint density at radius 2 is 1.93 bits per heavy atom. The molecule has 3 nitrogen and oxygen atoms in total. The summed E-state index contributed by atoms with van der Waals surface area (Å²) < 4.78 is 0.849. The van der Waals surface area contributed by atoms with Crippen LogP contribution in [0.4, 0.5) is 0 Å². The summed E-state index contributed by atoms with van der Waals surface area (Å²) in [6.07, 6.45) is 0. The van der Waals surface area contributed by atoms with Crippen molar-refractivity contribution in [1.29, 1.82) is 0 Å². The molecule has 1 aromatic carbocycles. The van der Waals surface area contributed by atoms with Gasteiger partial charge in [-0.05, 0) is 19.1 Å². The van der Waals surface area contributed by atoms with Gasteiger partial charge in [0.15, 0.2) is 11.5 Å². The highest BCUT2D eigenvalue weighted by Crippen LogP contribution is 2.13. The summed E-state index contributed by atoms with van der Waals surface area (Å²) in [5.41, 5.74) is 1.74. The maximum absolute atomic E-state index is 11.7. The third kappa shape index (κ3) is 1.56. The van der Waals surface area contributed by atoms with Gasteiger partial charge in [0.05, 0.1) is 0 Å². The van der Waals surface area contributed by atoms with E-state index in [1.165, 1.54) is 6.92 Å². The maximum atomic E-state index is 11.7. The maximum Gasteiger partial charge on any atom is 0.224 e. The molecule has 2 rings (SSSR count). The van der Waals surface area contributed by atoms with Gasteiger partial charge in [-0.3, -0.25) is 4.79 Å². The molecule has 0 fully saturated rings. The molecule has 15 heavy (non-hydrogen) atoms. The van der Waals surface area contributed by atoms with Crippen molar-refractivity contribution in [2.24, 2.45) is 0 Å². The van der Waals surface area contributed by atoms with E-state index < -0.39 is 0 Å². The molecule has 0 amide bonds. The highest BCUT2D eigenvalue weighted by Gasteiger charge is 2.09. The minimum atomic E-state index is -0.0293. The molecule has 0 aliphatic heterocycles. The highest BCUT2D eigenvalue weighted by atomic mass is 16.5. The fourth-order valence-electron chi connectivity index (χ4n) is 1.55. The molecule has 0 spiro atoms. The largest absolute Gasteiger partial charge is 0.618 e. The van der Waals surface area contributed by atoms with Crippen molar-refractivity contribution in [3.05, 3.63) is 46.8 Å². The molecule has 0 N–H and O–H groups in total. The van der Waals surface area contributed by atoms with Gasteiger partial charge in [0.1, 0.15) is 0 Å². The van der Waals surface area contributed by atoms with Crippen molar-refractivity contribution >= 4 is 16.7 Å². The lowest BCUT2D eigenvalue weighted by molar-refractivity contribution is -0.584. The number of fused-ring (bicyclic) bond motifs is 1. The Morgan fingerprint density at radius 1 is 1.27 bits per heavy atom. The summed E-state index contributed by atoms with van der Waals surface area (Å²) in [5.74, 6) is -0.0293. The number of hydrogen-bond acceptors (Lipinski definition) is 2. The van der Waals surface area contributed by atoms with Gasteiger partial charge < -0.3 is 5.21 Å². The van der Waals surface area contributed by atoms with E-state index in [9.17, 15) is 10.0 Å². The van der Waals surface area contributed by atoms with E-state index in [1.807, 2.05) is 6.07 Å². The van der Waals surface area contributed by atoms with Crippen LogP contribution in [0.3, 0.4) is 0 Å². The van der Waals surface area contributed by atoms with Crippen LogP contribution in [0.1, 0.15) is 23.0 Å². The Hall–Kier alpha value is -1.90. The Morgan fingerprint density at radius 3 is 2.60 bits per heavy atom. The van der Waals surface area contributed by atoms with Crippen LogP contribution in [0.2, 0.25) is 0 Å². The molecule has 0 aliphatic carbocycles. The van der Waals surface area contributed by atoms with E-state index in [-0.39, 0.29) is 5.78 Å². The molecular formula is C12H11NO2. The molecule has 0 saturated heterocycles. The minimum Gasteiger partial charge on any atom is -0.618 e. The Bertz CT molecular complexity index is 547. The third-order valence-corrected chi connectivity index (χ3v) is 2.48. The van der Waals surface area contributed by atoms with E-state index in [4.69, 9.17) is 0 Å². The standard InChI is InChI=1S/C12H11NO2/c1-8-3-4-10-5-6-11(9(2)14)7-12(10)13(8)15/h3-7H,1-2H3. The van der Waals surface area contributed by atoms with E-state index >= 15 is 0 Å². The van der Waals surface area contributed by atoms with E-state index in [1.54, 1.807) is 31.2 Å². The van der Waals surface area contributed by atoms with Crippen LogP contribution in [-0.4, -0.2) is 5.78 Å². The number of benzene rings is 1. The van der Waals surface area contributed by atoms with Crippen LogP contribution < -0.4 is 4.73 Å². The first-order chi connectivity index (χ1) is 7.09. The number of rotatable bonds is 1. The van der Waals surface area contributed by atoms with Crippen molar-refractivity contribution in [2.45, 2.75) is 13.8 Å². The summed E-state index contributed by atoms with van der Waals surface area (Å²) in [6.45, 7) is 3.24. The fraction of sp³-hybridized carbons (Fsp3) is 0.167. The number of ketones is 1. The summed E-state index contributed by atoms with van der Waals surface area (Å²) in [4.78, 5) is 11.2. The minimum absolute atomic E-state index is 0.0293. The quantitative estimate of drug-likeness (QED) is 0.402. The number of pyridine rings is 1. The summed E-state index contributed by atoms with van der Waals surface area (Å²) in [6, 6.07) is 8.81. The first-order valence-electron chi connectivity index (χ1n) is 4.73. The average Bonchev–Trinajstić information content (AvgIpc) is 2.23. The second-order valence-electron chi connectivity index (χ2n) is 3.60. The lowest BCUT2D eigenvalue weighted by Crippen LogP contribution is -2.30. The number of Topliss-reactive ketones (excluding diaryl/α,β-unsaturated/α-hetero) is 1. The molecule has 0 unspecified atom stereocenters. The Kier molecular flexibility index (Phi) is 2.15. The normalized spacial score (nSPS) is 10.5. The molecule has 0 aliphatic rings. The molecule has 2 aromatic rings. The van der Waals surface area contributed by atoms with Crippen LogP contribution in [0, 0.1) is 12.1 Å². The summed E-state index contributed by atoms with van der Waals surface area (Å²) in [7, 11) is 0. The van der Waals surface area contributed by atoms with Crippen molar-refractivity contribution in [1.82, 2.24) is 0 Å². The van der Waals surface area contributed by atoms with Crippen LogP contribution in [0.15, 0.2) is 30.3 Å². The smallest absolute Gasteiger partial charge is 0.224 e. The molecule has 76 valence electrons. The Labute approximate surface area is 87.5 Å². The van der Waals surface area contributed by atoms with Gasteiger partial charge in [-0.2, -0.15) is 4.73 Å². The van der Waals surface area contributed by atoms with Gasteiger partial charge in [-0.25, -0.2) is 0 Å². The second-order valence-corrected chi connectivity index (χ2v) is 3.60. The van der Waals surface area contributed by atoms with Gasteiger partial charge in [-0.1, -0.05) is 6.07 Å². The van der Waals surface area contributed by atoms with Crippen molar-refractivity contribution in [3.63, 3.8) is 0 Å². The zero-order chi connectivity index (χ0) is 11.0. The topological polar surface area (TPSA) is 44.0 Å².